The van der Waals surface area contributed by atoms with Gasteiger partial charge in [0.15, 0.2) is 5.96 Å². The lowest BCUT2D eigenvalue weighted by Gasteiger charge is -2.21. The van der Waals surface area contributed by atoms with Crippen molar-refractivity contribution < 1.29 is 17.2 Å². The lowest BCUT2D eigenvalue weighted by molar-refractivity contribution is 0.547. The molecule has 0 spiro atoms. The van der Waals surface area contributed by atoms with E-state index >= 15 is 0 Å². The molecule has 2 fully saturated rings. The number of para-hydroxylation sites is 1. The number of nitrogens with zero attached hydrogens (tertiary/aromatic N) is 2. The van der Waals surface area contributed by atoms with Crippen LogP contribution < -0.4 is 15.5 Å². The Morgan fingerprint density at radius 1 is 1.32 bits per heavy atom. The molecule has 1 unspecified atom stereocenters. The molecule has 1 aliphatic carbocycles. The van der Waals surface area contributed by atoms with Crippen molar-refractivity contribution in [1.82, 2.24) is 10.6 Å². The van der Waals surface area contributed by atoms with Crippen molar-refractivity contribution in [3.8, 4) is 0 Å². The molecule has 0 radical (unpaired) electrons. The summed E-state index contributed by atoms with van der Waals surface area (Å²) >= 11 is 0. The van der Waals surface area contributed by atoms with Crippen molar-refractivity contribution in [2.45, 2.75) is 32.2 Å². The van der Waals surface area contributed by atoms with E-state index in [1.54, 1.807) is 4.90 Å². The quantitative estimate of drug-likeness (QED) is 0.527. The summed E-state index contributed by atoms with van der Waals surface area (Å²) in [5.41, 5.74) is -0.229. The second-order valence-corrected chi connectivity index (χ2v) is 10.1. The number of benzene rings is 1. The van der Waals surface area contributed by atoms with Crippen molar-refractivity contribution in [3.63, 3.8) is 0 Å². The minimum Gasteiger partial charge on any atom is -0.365 e. The predicted octanol–water partition coefficient (Wildman–Crippen LogP) is 1.92. The van der Waals surface area contributed by atoms with Crippen molar-refractivity contribution in [2.75, 3.05) is 43.1 Å². The van der Waals surface area contributed by atoms with Crippen LogP contribution in [0, 0.1) is 17.0 Å². The number of nitrogens with one attached hydrogen (secondary N) is 2. The number of anilines is 1. The Kier molecular flexibility index (Phi) is 6.12. The molecule has 1 saturated carbocycles. The van der Waals surface area contributed by atoms with Crippen LogP contribution in [0.5, 0.6) is 0 Å². The average Bonchev–Trinajstić information content (AvgIpc) is 3.19. The smallest absolute Gasteiger partial charge is 0.191 e. The van der Waals surface area contributed by atoms with Crippen LogP contribution in [0.4, 0.5) is 14.5 Å². The van der Waals surface area contributed by atoms with Crippen LogP contribution in [0.15, 0.2) is 23.2 Å². The highest BCUT2D eigenvalue weighted by atomic mass is 32.2. The summed E-state index contributed by atoms with van der Waals surface area (Å²) in [6.45, 7) is 4.09. The van der Waals surface area contributed by atoms with Crippen LogP contribution >= 0.6 is 0 Å². The zero-order valence-electron chi connectivity index (χ0n) is 16.3. The average molecular weight is 415 g/mol. The van der Waals surface area contributed by atoms with Crippen LogP contribution in [0.1, 0.15) is 26.2 Å². The minimum absolute atomic E-state index is 0.00173. The van der Waals surface area contributed by atoms with E-state index in [1.165, 1.54) is 24.5 Å². The summed E-state index contributed by atoms with van der Waals surface area (Å²) in [5.74, 6) is -0.342. The molecule has 1 heterocycles. The molecule has 1 aromatic rings. The number of guanidine groups is 1. The van der Waals surface area contributed by atoms with Gasteiger partial charge in [0.05, 0.1) is 5.75 Å². The van der Waals surface area contributed by atoms with Gasteiger partial charge < -0.3 is 15.5 Å². The second-order valence-electron chi connectivity index (χ2n) is 7.91. The number of halogens is 2. The summed E-state index contributed by atoms with van der Waals surface area (Å²) < 4.78 is 51.3. The van der Waals surface area contributed by atoms with Crippen LogP contribution in [-0.4, -0.2) is 58.6 Å². The van der Waals surface area contributed by atoms with Gasteiger partial charge in [-0.15, -0.1) is 0 Å². The molecule has 3 rings (SSSR count). The SMILES string of the molecule is CCNC(=NCC1(CS(C)(=O)=O)CC1)NC1CCN(c2c(F)cccc2F)C1. The Bertz CT molecular complexity index is 820. The Morgan fingerprint density at radius 2 is 2.00 bits per heavy atom. The maximum atomic E-state index is 14.0. The normalized spacial score (nSPS) is 21.6. The zero-order chi connectivity index (χ0) is 20.4. The van der Waals surface area contributed by atoms with Gasteiger partial charge in [0.25, 0.3) is 0 Å². The number of hydrogen-bond acceptors (Lipinski definition) is 4. The molecule has 0 amide bonds. The van der Waals surface area contributed by atoms with Crippen molar-refractivity contribution in [1.29, 1.82) is 0 Å². The molecule has 1 atom stereocenters. The molecule has 28 heavy (non-hydrogen) atoms. The lowest BCUT2D eigenvalue weighted by Crippen LogP contribution is -2.45. The highest BCUT2D eigenvalue weighted by Crippen LogP contribution is 2.46. The van der Waals surface area contributed by atoms with Crippen molar-refractivity contribution >= 4 is 21.5 Å². The molecule has 6 nitrogen and oxygen atoms in total. The third kappa shape index (κ3) is 5.33. The molecule has 0 aromatic heterocycles. The van der Waals surface area contributed by atoms with E-state index in [0.29, 0.717) is 32.1 Å². The van der Waals surface area contributed by atoms with Gasteiger partial charge in [-0.25, -0.2) is 17.2 Å². The van der Waals surface area contributed by atoms with Gasteiger partial charge in [0, 0.05) is 43.9 Å². The fourth-order valence-corrected chi connectivity index (χ4v) is 5.21. The summed E-state index contributed by atoms with van der Waals surface area (Å²) in [4.78, 5) is 6.30. The van der Waals surface area contributed by atoms with E-state index in [1.807, 2.05) is 6.92 Å². The van der Waals surface area contributed by atoms with E-state index in [-0.39, 0.29) is 22.9 Å². The van der Waals surface area contributed by atoms with Gasteiger partial charge >= 0.3 is 0 Å². The summed E-state index contributed by atoms with van der Waals surface area (Å²) in [6, 6.07) is 3.89. The molecular formula is C19H28F2N4O2S. The van der Waals surface area contributed by atoms with Crippen LogP contribution in [0.3, 0.4) is 0 Å². The topological polar surface area (TPSA) is 73.8 Å². The van der Waals surface area contributed by atoms with E-state index in [4.69, 9.17) is 0 Å². The van der Waals surface area contributed by atoms with Gasteiger partial charge in [-0.1, -0.05) is 6.07 Å². The molecule has 1 aromatic carbocycles. The molecule has 1 aliphatic heterocycles. The molecular weight excluding hydrogens is 386 g/mol. The zero-order valence-corrected chi connectivity index (χ0v) is 17.2. The van der Waals surface area contributed by atoms with Crippen LogP contribution in [0.2, 0.25) is 0 Å². The first-order chi connectivity index (χ1) is 13.2. The predicted molar refractivity (Wildman–Crippen MR) is 107 cm³/mol. The Balaban J connectivity index is 1.62. The third-order valence-electron chi connectivity index (χ3n) is 5.23. The lowest BCUT2D eigenvalue weighted by atomic mass is 10.1. The van der Waals surface area contributed by atoms with E-state index < -0.39 is 21.5 Å². The van der Waals surface area contributed by atoms with Gasteiger partial charge in [-0.05, 0) is 38.3 Å². The maximum absolute atomic E-state index is 14.0. The molecule has 9 heteroatoms. The molecule has 0 bridgehead atoms. The Hall–Kier alpha value is -1.90. The largest absolute Gasteiger partial charge is 0.365 e. The fourth-order valence-electron chi connectivity index (χ4n) is 3.71. The summed E-state index contributed by atoms with van der Waals surface area (Å²) in [6.07, 6.45) is 3.72. The first-order valence-corrected chi connectivity index (χ1v) is 11.7. The second kappa shape index (κ2) is 8.23. The molecule has 2 aliphatic rings. The summed E-state index contributed by atoms with van der Waals surface area (Å²) in [5, 5.41) is 6.49. The highest BCUT2D eigenvalue weighted by molar-refractivity contribution is 7.90. The van der Waals surface area contributed by atoms with E-state index in [2.05, 4.69) is 15.6 Å². The molecule has 1 saturated heterocycles. The van der Waals surface area contributed by atoms with E-state index in [9.17, 15) is 17.2 Å². The minimum atomic E-state index is -3.04. The van der Waals surface area contributed by atoms with Gasteiger partial charge in [0.1, 0.15) is 27.2 Å². The number of rotatable bonds is 7. The summed E-state index contributed by atoms with van der Waals surface area (Å²) in [7, 11) is -3.04. The molecule has 156 valence electrons. The first-order valence-electron chi connectivity index (χ1n) is 9.63. The van der Waals surface area contributed by atoms with Crippen LogP contribution in [-0.2, 0) is 9.84 Å². The number of aliphatic imine (C=N–C) groups is 1. The Labute approximate surface area is 165 Å². The van der Waals surface area contributed by atoms with Crippen molar-refractivity contribution in [2.24, 2.45) is 10.4 Å². The van der Waals surface area contributed by atoms with Crippen molar-refractivity contribution in [3.05, 3.63) is 29.8 Å². The first kappa shape index (κ1) is 20.8. The van der Waals surface area contributed by atoms with Gasteiger partial charge in [-0.3, -0.25) is 4.99 Å². The van der Waals surface area contributed by atoms with Gasteiger partial charge in [0.2, 0.25) is 0 Å². The monoisotopic (exact) mass is 414 g/mol. The number of hydrogen-bond donors (Lipinski definition) is 2. The fraction of sp³-hybridized carbons (Fsp3) is 0.632. The standard InChI is InChI=1S/C19H28F2N4O2S/c1-3-22-18(23-12-19(8-9-19)13-28(2,26)27)24-14-7-10-25(11-14)17-15(20)5-4-6-16(17)21/h4-6,14H,3,7-13H2,1-2H3,(H2,22,23,24). The molecule has 2 N–H and O–H groups in total. The van der Waals surface area contributed by atoms with E-state index in [0.717, 1.165) is 19.3 Å². The Morgan fingerprint density at radius 3 is 2.57 bits per heavy atom. The third-order valence-corrected chi connectivity index (χ3v) is 6.36. The maximum Gasteiger partial charge on any atom is 0.191 e. The van der Waals surface area contributed by atoms with Gasteiger partial charge in [-0.2, -0.15) is 0 Å². The highest BCUT2D eigenvalue weighted by Gasteiger charge is 2.45. The number of sulfone groups is 1. The van der Waals surface area contributed by atoms with Crippen LogP contribution in [0.25, 0.3) is 0 Å².